The summed E-state index contributed by atoms with van der Waals surface area (Å²) in [4.78, 5) is 13.8. The fourth-order valence-electron chi connectivity index (χ4n) is 5.63. The molecule has 38 heavy (non-hydrogen) atoms. The maximum Gasteiger partial charge on any atom is 0.409 e. The average molecular weight is 540 g/mol. The first-order valence-corrected chi connectivity index (χ1v) is 13.3. The van der Waals surface area contributed by atoms with E-state index in [1.165, 1.54) is 0 Å². The SMILES string of the molecule is COc1ccc(Cl)cc1-c1nnc2n1CCN(CCOc1ccc(OC(N)=O)c3c1C(C(C)(C)C)CC3)C2. The van der Waals surface area contributed by atoms with Crippen molar-refractivity contribution in [2.45, 2.75) is 52.6 Å². The number of hydrogen-bond acceptors (Lipinski definition) is 7. The predicted octanol–water partition coefficient (Wildman–Crippen LogP) is 5.04. The summed E-state index contributed by atoms with van der Waals surface area (Å²) >= 11 is 6.24. The summed E-state index contributed by atoms with van der Waals surface area (Å²) in [5, 5.41) is 9.53. The zero-order chi connectivity index (χ0) is 27.0. The molecule has 3 aromatic rings. The van der Waals surface area contributed by atoms with E-state index in [9.17, 15) is 4.79 Å². The Morgan fingerprint density at radius 3 is 2.63 bits per heavy atom. The monoisotopic (exact) mass is 539 g/mol. The number of hydrogen-bond donors (Lipinski definition) is 1. The molecule has 0 fully saturated rings. The van der Waals surface area contributed by atoms with Gasteiger partial charge in [-0.3, -0.25) is 4.90 Å². The van der Waals surface area contributed by atoms with E-state index in [2.05, 4.69) is 40.4 Å². The smallest absolute Gasteiger partial charge is 0.409 e. The highest BCUT2D eigenvalue weighted by molar-refractivity contribution is 6.30. The minimum Gasteiger partial charge on any atom is -0.496 e. The number of fused-ring (bicyclic) bond motifs is 2. The molecule has 5 rings (SSSR count). The van der Waals surface area contributed by atoms with Gasteiger partial charge in [0, 0.05) is 35.8 Å². The number of carbonyl (C=O) groups excluding carboxylic acids is 1. The van der Waals surface area contributed by atoms with Gasteiger partial charge in [-0.05, 0) is 54.5 Å². The molecule has 1 unspecified atom stereocenters. The molecule has 0 radical (unpaired) electrons. The van der Waals surface area contributed by atoms with Crippen LogP contribution in [0, 0.1) is 5.41 Å². The van der Waals surface area contributed by atoms with Crippen molar-refractivity contribution in [3.05, 3.63) is 52.3 Å². The third-order valence-electron chi connectivity index (χ3n) is 7.46. The molecule has 2 N–H and O–H groups in total. The third-order valence-corrected chi connectivity index (χ3v) is 7.70. The zero-order valence-corrected chi connectivity index (χ0v) is 23.0. The molecule has 2 heterocycles. The lowest BCUT2D eigenvalue weighted by Crippen LogP contribution is -2.36. The quantitative estimate of drug-likeness (QED) is 0.448. The first kappa shape index (κ1) is 26.3. The normalized spacial score (nSPS) is 17.1. The first-order valence-electron chi connectivity index (χ1n) is 12.9. The van der Waals surface area contributed by atoms with E-state index in [-0.39, 0.29) is 5.41 Å². The van der Waals surface area contributed by atoms with Gasteiger partial charge in [-0.1, -0.05) is 32.4 Å². The molecule has 0 bridgehead atoms. The Bertz CT molecular complexity index is 1350. The van der Waals surface area contributed by atoms with E-state index < -0.39 is 6.09 Å². The molecule has 2 aliphatic rings. The van der Waals surface area contributed by atoms with E-state index in [1.807, 2.05) is 18.2 Å². The number of carbonyl (C=O) groups is 1. The molecule has 1 aromatic heterocycles. The molecular formula is C28H34ClN5O4. The summed E-state index contributed by atoms with van der Waals surface area (Å²) in [7, 11) is 1.64. The van der Waals surface area contributed by atoms with Gasteiger partial charge in [0.05, 0.1) is 19.2 Å². The highest BCUT2D eigenvalue weighted by Gasteiger charge is 2.37. The summed E-state index contributed by atoms with van der Waals surface area (Å²) < 4.78 is 19.3. The minimum absolute atomic E-state index is 0.0506. The fourth-order valence-corrected chi connectivity index (χ4v) is 5.80. The molecule has 1 aliphatic heterocycles. The summed E-state index contributed by atoms with van der Waals surface area (Å²) in [5.41, 5.74) is 8.35. The second kappa shape index (κ2) is 10.5. The lowest BCUT2D eigenvalue weighted by molar-refractivity contribution is 0.173. The van der Waals surface area contributed by atoms with Crippen LogP contribution in [0.5, 0.6) is 17.2 Å². The van der Waals surface area contributed by atoms with Crippen LogP contribution >= 0.6 is 11.6 Å². The Morgan fingerprint density at radius 1 is 1.13 bits per heavy atom. The number of primary amides is 1. The van der Waals surface area contributed by atoms with Gasteiger partial charge in [-0.2, -0.15) is 0 Å². The molecular weight excluding hydrogens is 506 g/mol. The number of ether oxygens (including phenoxy) is 3. The van der Waals surface area contributed by atoms with Crippen molar-refractivity contribution in [3.8, 4) is 28.6 Å². The van der Waals surface area contributed by atoms with E-state index in [1.54, 1.807) is 19.2 Å². The zero-order valence-electron chi connectivity index (χ0n) is 22.3. The topological polar surface area (TPSA) is 105 Å². The van der Waals surface area contributed by atoms with Crippen LogP contribution in [0.4, 0.5) is 4.79 Å². The van der Waals surface area contributed by atoms with Gasteiger partial charge < -0.3 is 24.5 Å². The molecule has 202 valence electrons. The number of nitrogens with two attached hydrogens (primary N) is 1. The number of amides is 1. The predicted molar refractivity (Wildman–Crippen MR) is 145 cm³/mol. The van der Waals surface area contributed by atoms with E-state index in [0.717, 1.165) is 66.6 Å². The van der Waals surface area contributed by atoms with Crippen molar-refractivity contribution in [3.63, 3.8) is 0 Å². The van der Waals surface area contributed by atoms with Gasteiger partial charge in [0.1, 0.15) is 29.7 Å². The lowest BCUT2D eigenvalue weighted by atomic mass is 9.77. The summed E-state index contributed by atoms with van der Waals surface area (Å²) in [6.07, 6.45) is 1.02. The number of benzene rings is 2. The molecule has 0 spiro atoms. The number of rotatable bonds is 7. The van der Waals surface area contributed by atoms with Crippen molar-refractivity contribution in [1.82, 2.24) is 19.7 Å². The number of halogens is 1. The molecule has 0 saturated heterocycles. The fraction of sp³-hybridized carbons (Fsp3) is 0.464. The summed E-state index contributed by atoms with van der Waals surface area (Å²) in [6, 6.07) is 9.20. The molecule has 1 aliphatic carbocycles. The Kier molecular flexibility index (Phi) is 7.24. The van der Waals surface area contributed by atoms with E-state index >= 15 is 0 Å². The van der Waals surface area contributed by atoms with Crippen molar-refractivity contribution in [2.75, 3.05) is 26.8 Å². The van der Waals surface area contributed by atoms with Gasteiger partial charge in [0.15, 0.2) is 5.82 Å². The Labute approximate surface area is 227 Å². The second-order valence-electron chi connectivity index (χ2n) is 10.9. The van der Waals surface area contributed by atoms with Crippen molar-refractivity contribution in [1.29, 1.82) is 0 Å². The van der Waals surface area contributed by atoms with Gasteiger partial charge in [-0.15, -0.1) is 10.2 Å². The number of aromatic nitrogens is 3. The number of methoxy groups -OCH3 is 1. The first-order chi connectivity index (χ1) is 18.2. The van der Waals surface area contributed by atoms with Gasteiger partial charge in [-0.25, -0.2) is 4.79 Å². The van der Waals surface area contributed by atoms with Crippen molar-refractivity contribution >= 4 is 17.7 Å². The van der Waals surface area contributed by atoms with Crippen LogP contribution in [-0.2, 0) is 19.5 Å². The molecule has 10 heteroatoms. The molecule has 2 aromatic carbocycles. The van der Waals surface area contributed by atoms with Crippen molar-refractivity contribution < 1.29 is 19.0 Å². The molecule has 1 atom stereocenters. The minimum atomic E-state index is -0.796. The van der Waals surface area contributed by atoms with Crippen LogP contribution in [0.15, 0.2) is 30.3 Å². The average Bonchev–Trinajstić information content (AvgIpc) is 3.50. The highest BCUT2D eigenvalue weighted by atomic mass is 35.5. The van der Waals surface area contributed by atoms with Crippen LogP contribution in [0.2, 0.25) is 5.02 Å². The third kappa shape index (κ3) is 5.17. The summed E-state index contributed by atoms with van der Waals surface area (Å²) in [6.45, 7) is 10.2. The second-order valence-corrected chi connectivity index (χ2v) is 11.3. The maximum absolute atomic E-state index is 11.4. The van der Waals surface area contributed by atoms with Crippen LogP contribution in [0.25, 0.3) is 11.4 Å². The highest BCUT2D eigenvalue weighted by Crippen LogP contribution is 2.51. The Hall–Kier alpha value is -3.30. The van der Waals surface area contributed by atoms with Crippen LogP contribution in [0.1, 0.15) is 50.1 Å². The van der Waals surface area contributed by atoms with E-state index in [0.29, 0.717) is 35.6 Å². The van der Waals surface area contributed by atoms with Gasteiger partial charge in [0.2, 0.25) is 0 Å². The standard InChI is InChI=1S/C28H34ClN5O4/c1-28(2,3)20-7-6-18-22(38-27(30)35)9-10-23(25(18)20)37-14-13-33-11-12-34-24(16-33)31-32-26(34)19-15-17(29)5-8-21(19)36-4/h5,8-10,15,20H,6-7,11-14,16H2,1-4H3,(H2,30,35). The lowest BCUT2D eigenvalue weighted by Gasteiger charge is -2.30. The van der Waals surface area contributed by atoms with Gasteiger partial charge in [0.25, 0.3) is 0 Å². The van der Waals surface area contributed by atoms with Gasteiger partial charge >= 0.3 is 6.09 Å². The largest absolute Gasteiger partial charge is 0.496 e. The number of nitrogens with zero attached hydrogens (tertiary/aromatic N) is 4. The van der Waals surface area contributed by atoms with E-state index in [4.69, 9.17) is 31.5 Å². The Balaban J connectivity index is 1.28. The molecule has 1 amide bonds. The Morgan fingerprint density at radius 2 is 1.89 bits per heavy atom. The molecule has 0 saturated carbocycles. The molecule has 9 nitrogen and oxygen atoms in total. The van der Waals surface area contributed by atoms with Crippen LogP contribution in [0.3, 0.4) is 0 Å². The maximum atomic E-state index is 11.4. The van der Waals surface area contributed by atoms with Crippen molar-refractivity contribution in [2.24, 2.45) is 11.1 Å². The van der Waals surface area contributed by atoms with Crippen LogP contribution in [-0.4, -0.2) is 52.6 Å². The summed E-state index contributed by atoms with van der Waals surface area (Å²) in [5.74, 6) is 4.07. The van der Waals surface area contributed by atoms with Crippen LogP contribution < -0.4 is 19.9 Å².